The number of hydrogen-bond donors (Lipinski definition) is 3. The van der Waals surface area contributed by atoms with Crippen LogP contribution in [-0.2, 0) is 0 Å². The van der Waals surface area contributed by atoms with Crippen molar-refractivity contribution < 1.29 is 9.50 Å². The summed E-state index contributed by atoms with van der Waals surface area (Å²) in [6, 6.07) is 4.41. The molecule has 2 atom stereocenters. The van der Waals surface area contributed by atoms with Crippen molar-refractivity contribution in [2.24, 2.45) is 5.73 Å². The number of aliphatic hydroxyl groups is 1. The third-order valence-electron chi connectivity index (χ3n) is 2.93. The maximum Gasteiger partial charge on any atom is 0.125 e. The van der Waals surface area contributed by atoms with Crippen LogP contribution in [0.2, 0.25) is 5.02 Å². The summed E-state index contributed by atoms with van der Waals surface area (Å²) in [6.07, 6.45) is 1.52. The molecule has 1 aromatic rings. The fraction of sp³-hybridized carbons (Fsp3) is 0.538. The van der Waals surface area contributed by atoms with Crippen LogP contribution >= 0.6 is 11.6 Å². The summed E-state index contributed by atoms with van der Waals surface area (Å²) in [5.74, 6) is -0.368. The number of halogens is 2. The Morgan fingerprint density at radius 3 is 2.67 bits per heavy atom. The molecule has 4 N–H and O–H groups in total. The number of hydrogen-bond acceptors (Lipinski definition) is 3. The molecule has 0 aliphatic rings. The molecule has 5 heteroatoms. The highest BCUT2D eigenvalue weighted by Crippen LogP contribution is 2.20. The van der Waals surface area contributed by atoms with Gasteiger partial charge in [0.1, 0.15) is 5.82 Å². The van der Waals surface area contributed by atoms with Gasteiger partial charge in [0.25, 0.3) is 0 Å². The predicted octanol–water partition coefficient (Wildman–Crippen LogP) is 2.23. The third-order valence-corrected chi connectivity index (χ3v) is 3.15. The maximum absolute atomic E-state index is 13.3. The van der Waals surface area contributed by atoms with Crippen LogP contribution in [0.25, 0.3) is 0 Å². The molecule has 0 bridgehead atoms. The van der Waals surface area contributed by atoms with E-state index in [0.29, 0.717) is 18.0 Å². The normalized spacial score (nSPS) is 14.5. The molecule has 0 spiro atoms. The Morgan fingerprint density at radius 1 is 1.44 bits per heavy atom. The van der Waals surface area contributed by atoms with Gasteiger partial charge in [-0.1, -0.05) is 18.5 Å². The second-order valence-electron chi connectivity index (χ2n) is 4.28. The van der Waals surface area contributed by atoms with Crippen molar-refractivity contribution in [2.75, 3.05) is 13.2 Å². The topological polar surface area (TPSA) is 58.3 Å². The smallest absolute Gasteiger partial charge is 0.125 e. The first-order valence-electron chi connectivity index (χ1n) is 6.13. The van der Waals surface area contributed by atoms with Crippen LogP contribution in [0.1, 0.15) is 31.4 Å². The van der Waals surface area contributed by atoms with Crippen molar-refractivity contribution in [1.82, 2.24) is 5.32 Å². The molecule has 3 nitrogen and oxygen atoms in total. The number of aliphatic hydroxyl groups excluding tert-OH is 1. The highest BCUT2D eigenvalue weighted by Gasteiger charge is 2.15. The van der Waals surface area contributed by atoms with Gasteiger partial charge in [0.2, 0.25) is 0 Å². The molecule has 0 aromatic heterocycles. The zero-order chi connectivity index (χ0) is 13.5. The van der Waals surface area contributed by atoms with Gasteiger partial charge >= 0.3 is 0 Å². The molecule has 0 radical (unpaired) electrons. The zero-order valence-electron chi connectivity index (χ0n) is 10.5. The summed E-state index contributed by atoms with van der Waals surface area (Å²) >= 11 is 5.83. The van der Waals surface area contributed by atoms with Crippen molar-refractivity contribution in [1.29, 1.82) is 0 Å². The summed E-state index contributed by atoms with van der Waals surface area (Å²) in [5.41, 5.74) is 6.45. The second-order valence-corrected chi connectivity index (χ2v) is 4.71. The fourth-order valence-corrected chi connectivity index (χ4v) is 2.15. The number of rotatable bonds is 7. The third kappa shape index (κ3) is 4.53. The molecule has 0 heterocycles. The Bertz CT molecular complexity index is 356. The molecule has 2 unspecified atom stereocenters. The van der Waals surface area contributed by atoms with Crippen molar-refractivity contribution in [3.8, 4) is 0 Å². The monoisotopic (exact) mass is 274 g/mol. The molecular formula is C13H20ClFN2O. The van der Waals surface area contributed by atoms with E-state index in [1.807, 2.05) is 6.92 Å². The molecule has 102 valence electrons. The van der Waals surface area contributed by atoms with E-state index in [0.717, 1.165) is 12.0 Å². The second kappa shape index (κ2) is 7.69. The highest BCUT2D eigenvalue weighted by molar-refractivity contribution is 6.30. The Morgan fingerprint density at radius 2 is 2.17 bits per heavy atom. The molecule has 1 rings (SSSR count). The Hall–Kier alpha value is -0.680. The molecule has 0 saturated carbocycles. The Kier molecular flexibility index (Phi) is 6.57. The predicted molar refractivity (Wildman–Crippen MR) is 72.1 cm³/mol. The summed E-state index contributed by atoms with van der Waals surface area (Å²) < 4.78 is 13.3. The van der Waals surface area contributed by atoms with Gasteiger partial charge in [-0.3, -0.25) is 0 Å². The van der Waals surface area contributed by atoms with Gasteiger partial charge in [-0.05, 0) is 36.6 Å². The molecule has 18 heavy (non-hydrogen) atoms. The van der Waals surface area contributed by atoms with Crippen LogP contribution in [0.4, 0.5) is 4.39 Å². The van der Waals surface area contributed by atoms with Gasteiger partial charge in [-0.2, -0.15) is 0 Å². The molecule has 0 fully saturated rings. The molecule has 0 aliphatic heterocycles. The first-order valence-corrected chi connectivity index (χ1v) is 6.51. The Balaban J connectivity index is 2.81. The van der Waals surface area contributed by atoms with Crippen molar-refractivity contribution in [3.63, 3.8) is 0 Å². The van der Waals surface area contributed by atoms with Gasteiger partial charge in [0.05, 0.1) is 0 Å². The quantitative estimate of drug-likeness (QED) is 0.715. The van der Waals surface area contributed by atoms with E-state index in [1.165, 1.54) is 12.1 Å². The Labute approximate surface area is 112 Å². The van der Waals surface area contributed by atoms with Crippen molar-refractivity contribution in [3.05, 3.63) is 34.6 Å². The van der Waals surface area contributed by atoms with Crippen LogP contribution in [0, 0.1) is 5.82 Å². The number of benzene rings is 1. The lowest BCUT2D eigenvalue weighted by Crippen LogP contribution is -2.37. The van der Waals surface area contributed by atoms with Crippen LogP contribution < -0.4 is 11.1 Å². The summed E-state index contributed by atoms with van der Waals surface area (Å²) in [5, 5.41) is 12.6. The number of nitrogens with one attached hydrogen (secondary N) is 1. The minimum absolute atomic E-state index is 0.118. The van der Waals surface area contributed by atoms with E-state index in [2.05, 4.69) is 5.32 Å². The van der Waals surface area contributed by atoms with Crippen LogP contribution in [0.3, 0.4) is 0 Å². The van der Waals surface area contributed by atoms with Crippen molar-refractivity contribution in [2.45, 2.75) is 31.8 Å². The first-order chi connectivity index (χ1) is 8.60. The molecular weight excluding hydrogens is 255 g/mol. The van der Waals surface area contributed by atoms with Crippen LogP contribution in [-0.4, -0.2) is 24.3 Å². The number of nitrogens with two attached hydrogens (primary N) is 1. The lowest BCUT2D eigenvalue weighted by atomic mass is 10.0. The summed E-state index contributed by atoms with van der Waals surface area (Å²) in [6.45, 7) is 2.49. The van der Waals surface area contributed by atoms with E-state index in [9.17, 15) is 4.39 Å². The maximum atomic E-state index is 13.3. The molecule has 0 aliphatic carbocycles. The zero-order valence-corrected chi connectivity index (χ0v) is 11.3. The van der Waals surface area contributed by atoms with Gasteiger partial charge in [0, 0.05) is 30.3 Å². The lowest BCUT2D eigenvalue weighted by Gasteiger charge is -2.24. The average Bonchev–Trinajstić information content (AvgIpc) is 2.33. The first kappa shape index (κ1) is 15.4. The van der Waals surface area contributed by atoms with Gasteiger partial charge < -0.3 is 16.2 Å². The lowest BCUT2D eigenvalue weighted by molar-refractivity contribution is 0.255. The van der Waals surface area contributed by atoms with Gasteiger partial charge in [-0.25, -0.2) is 4.39 Å². The summed E-state index contributed by atoms with van der Waals surface area (Å²) in [4.78, 5) is 0. The molecule has 1 aromatic carbocycles. The summed E-state index contributed by atoms with van der Waals surface area (Å²) in [7, 11) is 0. The van der Waals surface area contributed by atoms with E-state index in [1.54, 1.807) is 6.07 Å². The fourth-order valence-electron chi connectivity index (χ4n) is 1.92. The molecule has 0 amide bonds. The van der Waals surface area contributed by atoms with Crippen LogP contribution in [0.15, 0.2) is 18.2 Å². The molecule has 0 saturated heterocycles. The van der Waals surface area contributed by atoms with Crippen LogP contribution in [0.5, 0.6) is 0 Å². The average molecular weight is 275 g/mol. The van der Waals surface area contributed by atoms with E-state index in [-0.39, 0.29) is 24.5 Å². The van der Waals surface area contributed by atoms with E-state index in [4.69, 9.17) is 22.4 Å². The SMILES string of the molecule is CCC(CCO)NC(CN)c1cc(F)cc(Cl)c1. The van der Waals surface area contributed by atoms with Gasteiger partial charge in [-0.15, -0.1) is 0 Å². The standard InChI is InChI=1S/C13H20ClFN2O/c1-2-12(3-4-18)17-13(8-16)9-5-10(14)7-11(15)6-9/h5-7,12-13,17-18H,2-4,8,16H2,1H3. The van der Waals surface area contributed by atoms with Gasteiger partial charge in [0.15, 0.2) is 0 Å². The van der Waals surface area contributed by atoms with E-state index >= 15 is 0 Å². The minimum atomic E-state index is -0.368. The minimum Gasteiger partial charge on any atom is -0.396 e. The highest BCUT2D eigenvalue weighted by atomic mass is 35.5. The van der Waals surface area contributed by atoms with Crippen molar-refractivity contribution >= 4 is 11.6 Å². The van der Waals surface area contributed by atoms with E-state index < -0.39 is 0 Å². The largest absolute Gasteiger partial charge is 0.396 e.